The number of aromatic nitrogens is 1. The Morgan fingerprint density at radius 3 is 2.75 bits per heavy atom. The molecular weight excluding hydrogens is 326 g/mol. The standard InChI is InChI=1S/C17H19N3O3S/c1-13(16-8-2-3-9-18-16)19-17(21)14-6-4-7-15(12-14)20-10-5-11-24(20,22)23/h2-4,6-9,12-13H,5,10-11H2,1H3,(H,19,21). The van der Waals surface area contributed by atoms with Crippen LogP contribution < -0.4 is 9.62 Å². The zero-order valence-electron chi connectivity index (χ0n) is 13.3. The van der Waals surface area contributed by atoms with Crippen molar-refractivity contribution in [2.24, 2.45) is 0 Å². The molecule has 1 aromatic heterocycles. The smallest absolute Gasteiger partial charge is 0.251 e. The largest absolute Gasteiger partial charge is 0.344 e. The van der Waals surface area contributed by atoms with Crippen LogP contribution in [0.1, 0.15) is 35.4 Å². The third-order valence-corrected chi connectivity index (χ3v) is 5.84. The zero-order valence-corrected chi connectivity index (χ0v) is 14.2. The van der Waals surface area contributed by atoms with Crippen LogP contribution in [0.15, 0.2) is 48.7 Å². The van der Waals surface area contributed by atoms with E-state index in [1.165, 1.54) is 4.31 Å². The van der Waals surface area contributed by atoms with Gasteiger partial charge in [0.25, 0.3) is 5.91 Å². The number of sulfonamides is 1. The number of carbonyl (C=O) groups is 1. The van der Waals surface area contributed by atoms with Gasteiger partial charge in [0.2, 0.25) is 10.0 Å². The molecule has 1 fully saturated rings. The second kappa shape index (κ2) is 6.60. The molecule has 1 unspecified atom stereocenters. The molecular formula is C17H19N3O3S. The van der Waals surface area contributed by atoms with Crippen molar-refractivity contribution in [3.05, 3.63) is 59.9 Å². The highest BCUT2D eigenvalue weighted by Gasteiger charge is 2.28. The molecule has 0 bridgehead atoms. The number of benzene rings is 1. The van der Waals surface area contributed by atoms with Crippen molar-refractivity contribution in [1.82, 2.24) is 10.3 Å². The van der Waals surface area contributed by atoms with Crippen LogP contribution >= 0.6 is 0 Å². The van der Waals surface area contributed by atoms with Crippen molar-refractivity contribution in [1.29, 1.82) is 0 Å². The molecule has 1 amide bonds. The van der Waals surface area contributed by atoms with E-state index in [2.05, 4.69) is 10.3 Å². The number of carbonyl (C=O) groups excluding carboxylic acids is 1. The Labute approximate surface area is 141 Å². The van der Waals surface area contributed by atoms with Crippen LogP contribution in [0.25, 0.3) is 0 Å². The number of hydrogen-bond acceptors (Lipinski definition) is 4. The van der Waals surface area contributed by atoms with Gasteiger partial charge in [0.05, 0.1) is 23.2 Å². The third-order valence-electron chi connectivity index (χ3n) is 3.97. The van der Waals surface area contributed by atoms with Gasteiger partial charge in [0, 0.05) is 18.3 Å². The van der Waals surface area contributed by atoms with E-state index in [0.29, 0.717) is 24.2 Å². The Morgan fingerprint density at radius 1 is 1.25 bits per heavy atom. The summed E-state index contributed by atoms with van der Waals surface area (Å²) in [5.74, 6) is -0.105. The average molecular weight is 345 g/mol. The predicted molar refractivity (Wildman–Crippen MR) is 92.3 cm³/mol. The monoisotopic (exact) mass is 345 g/mol. The lowest BCUT2D eigenvalue weighted by Crippen LogP contribution is -2.28. The first kappa shape index (κ1) is 16.4. The summed E-state index contributed by atoms with van der Waals surface area (Å²) in [6.45, 7) is 2.31. The summed E-state index contributed by atoms with van der Waals surface area (Å²) in [5, 5.41) is 2.88. The quantitative estimate of drug-likeness (QED) is 0.920. The third kappa shape index (κ3) is 3.41. The molecule has 6 nitrogen and oxygen atoms in total. The van der Waals surface area contributed by atoms with Crippen LogP contribution in [0.4, 0.5) is 5.69 Å². The summed E-state index contributed by atoms with van der Waals surface area (Å²) in [5.41, 5.74) is 1.73. The van der Waals surface area contributed by atoms with Crippen LogP contribution in [-0.2, 0) is 10.0 Å². The Morgan fingerprint density at radius 2 is 2.08 bits per heavy atom. The predicted octanol–water partition coefficient (Wildman–Crippen LogP) is 2.11. The minimum Gasteiger partial charge on any atom is -0.344 e. The van der Waals surface area contributed by atoms with Gasteiger partial charge in [-0.3, -0.25) is 14.1 Å². The normalized spacial score (nSPS) is 17.5. The van der Waals surface area contributed by atoms with E-state index in [1.807, 2.05) is 25.1 Å². The molecule has 1 aromatic carbocycles. The number of rotatable bonds is 4. The minimum absolute atomic E-state index is 0.153. The summed E-state index contributed by atoms with van der Waals surface area (Å²) in [4.78, 5) is 16.7. The van der Waals surface area contributed by atoms with E-state index in [0.717, 1.165) is 5.69 Å². The lowest BCUT2D eigenvalue weighted by molar-refractivity contribution is 0.0939. The van der Waals surface area contributed by atoms with Gasteiger partial charge in [-0.05, 0) is 43.7 Å². The second-order valence-electron chi connectivity index (χ2n) is 5.74. The summed E-state index contributed by atoms with van der Waals surface area (Å²) in [6.07, 6.45) is 2.28. The van der Waals surface area contributed by atoms with E-state index >= 15 is 0 Å². The average Bonchev–Trinajstić information content (AvgIpc) is 2.95. The number of nitrogens with one attached hydrogen (secondary N) is 1. The molecule has 2 heterocycles. The molecule has 0 saturated carbocycles. The van der Waals surface area contributed by atoms with Gasteiger partial charge in [-0.25, -0.2) is 8.42 Å². The molecule has 2 aromatic rings. The Hall–Kier alpha value is -2.41. The molecule has 3 rings (SSSR count). The summed E-state index contributed by atoms with van der Waals surface area (Å²) in [6, 6.07) is 12.0. The lowest BCUT2D eigenvalue weighted by Gasteiger charge is -2.18. The number of amides is 1. The Bertz CT molecular complexity index is 837. The fourth-order valence-electron chi connectivity index (χ4n) is 2.72. The van der Waals surface area contributed by atoms with Gasteiger partial charge in [0.1, 0.15) is 0 Å². The molecule has 1 N–H and O–H groups in total. The van der Waals surface area contributed by atoms with Crippen molar-refractivity contribution < 1.29 is 13.2 Å². The molecule has 126 valence electrons. The number of hydrogen-bond donors (Lipinski definition) is 1. The van der Waals surface area contributed by atoms with E-state index < -0.39 is 10.0 Å². The van der Waals surface area contributed by atoms with Gasteiger partial charge in [-0.1, -0.05) is 12.1 Å². The van der Waals surface area contributed by atoms with Gasteiger partial charge < -0.3 is 5.32 Å². The van der Waals surface area contributed by atoms with Crippen LogP contribution in [0.3, 0.4) is 0 Å². The maximum atomic E-state index is 12.5. The van der Waals surface area contributed by atoms with Gasteiger partial charge in [0.15, 0.2) is 0 Å². The van der Waals surface area contributed by atoms with E-state index in [9.17, 15) is 13.2 Å². The number of nitrogens with zero attached hydrogens (tertiary/aromatic N) is 2. The second-order valence-corrected chi connectivity index (χ2v) is 7.75. The van der Waals surface area contributed by atoms with Crippen molar-refractivity contribution in [2.75, 3.05) is 16.6 Å². The van der Waals surface area contributed by atoms with Crippen LogP contribution in [-0.4, -0.2) is 31.6 Å². The summed E-state index contributed by atoms with van der Waals surface area (Å²) >= 11 is 0. The van der Waals surface area contributed by atoms with Crippen LogP contribution in [0, 0.1) is 0 Å². The van der Waals surface area contributed by atoms with Gasteiger partial charge in [-0.2, -0.15) is 0 Å². The van der Waals surface area contributed by atoms with Crippen molar-refractivity contribution in [3.63, 3.8) is 0 Å². The highest BCUT2D eigenvalue weighted by atomic mass is 32.2. The van der Waals surface area contributed by atoms with Gasteiger partial charge >= 0.3 is 0 Å². The molecule has 1 atom stereocenters. The topological polar surface area (TPSA) is 79.4 Å². The maximum absolute atomic E-state index is 12.5. The van der Waals surface area contributed by atoms with E-state index in [-0.39, 0.29) is 17.7 Å². The van der Waals surface area contributed by atoms with Gasteiger partial charge in [-0.15, -0.1) is 0 Å². The lowest BCUT2D eigenvalue weighted by atomic mass is 10.1. The first-order valence-electron chi connectivity index (χ1n) is 7.80. The van der Waals surface area contributed by atoms with Crippen LogP contribution in [0.2, 0.25) is 0 Å². The molecule has 0 aliphatic carbocycles. The molecule has 7 heteroatoms. The van der Waals surface area contributed by atoms with E-state index in [4.69, 9.17) is 0 Å². The highest BCUT2D eigenvalue weighted by Crippen LogP contribution is 2.25. The van der Waals surface area contributed by atoms with Crippen molar-refractivity contribution >= 4 is 21.6 Å². The zero-order chi connectivity index (χ0) is 17.2. The fourth-order valence-corrected chi connectivity index (χ4v) is 4.27. The van der Waals surface area contributed by atoms with Crippen LogP contribution in [0.5, 0.6) is 0 Å². The van der Waals surface area contributed by atoms with E-state index in [1.54, 1.807) is 30.5 Å². The SMILES string of the molecule is CC(NC(=O)c1cccc(N2CCCS2(=O)=O)c1)c1ccccn1. The van der Waals surface area contributed by atoms with Crippen molar-refractivity contribution in [3.8, 4) is 0 Å². The highest BCUT2D eigenvalue weighted by molar-refractivity contribution is 7.93. The molecule has 1 aliphatic rings. The molecule has 0 spiro atoms. The fraction of sp³-hybridized carbons (Fsp3) is 0.294. The first-order valence-corrected chi connectivity index (χ1v) is 9.40. The molecule has 24 heavy (non-hydrogen) atoms. The molecule has 1 aliphatic heterocycles. The molecule has 0 radical (unpaired) electrons. The maximum Gasteiger partial charge on any atom is 0.251 e. The van der Waals surface area contributed by atoms with Crippen molar-refractivity contribution in [2.45, 2.75) is 19.4 Å². The first-order chi connectivity index (χ1) is 11.5. The minimum atomic E-state index is -3.26. The Kier molecular flexibility index (Phi) is 4.53. The summed E-state index contributed by atoms with van der Waals surface area (Å²) < 4.78 is 25.4. The number of pyridine rings is 1. The summed E-state index contributed by atoms with van der Waals surface area (Å²) in [7, 11) is -3.26. The molecule has 1 saturated heterocycles. The Balaban J connectivity index is 1.78. The number of anilines is 1.